The summed E-state index contributed by atoms with van der Waals surface area (Å²) in [5, 5.41) is 2.83. The molecule has 2 amide bonds. The SMILES string of the molecule is CCCNC(=O)[C@H]1CC(=O)N(C)[C@H]1c1ccc(F)cc1. The molecule has 1 aliphatic heterocycles. The number of carbonyl (C=O) groups excluding carboxylic acids is 2. The van der Waals surface area contributed by atoms with Gasteiger partial charge in [-0.1, -0.05) is 19.1 Å². The first-order chi connectivity index (χ1) is 9.54. The van der Waals surface area contributed by atoms with Crippen molar-refractivity contribution in [3.8, 4) is 0 Å². The molecule has 1 saturated heterocycles. The van der Waals surface area contributed by atoms with E-state index in [9.17, 15) is 14.0 Å². The summed E-state index contributed by atoms with van der Waals surface area (Å²) >= 11 is 0. The fraction of sp³-hybridized carbons (Fsp3) is 0.467. The third-order valence-electron chi connectivity index (χ3n) is 3.68. The van der Waals surface area contributed by atoms with E-state index in [4.69, 9.17) is 0 Å². The second-order valence-corrected chi connectivity index (χ2v) is 5.10. The summed E-state index contributed by atoms with van der Waals surface area (Å²) < 4.78 is 13.0. The summed E-state index contributed by atoms with van der Waals surface area (Å²) in [6.07, 6.45) is 1.05. The molecular formula is C15H19FN2O2. The van der Waals surface area contributed by atoms with Crippen molar-refractivity contribution in [3.63, 3.8) is 0 Å². The van der Waals surface area contributed by atoms with Gasteiger partial charge in [0, 0.05) is 20.0 Å². The topological polar surface area (TPSA) is 49.4 Å². The predicted octanol–water partition coefficient (Wildman–Crippen LogP) is 1.87. The smallest absolute Gasteiger partial charge is 0.226 e. The summed E-state index contributed by atoms with van der Waals surface area (Å²) in [6, 6.07) is 5.66. The van der Waals surface area contributed by atoms with E-state index in [2.05, 4.69) is 5.32 Å². The predicted molar refractivity (Wildman–Crippen MR) is 73.3 cm³/mol. The van der Waals surface area contributed by atoms with Crippen LogP contribution in [0.2, 0.25) is 0 Å². The fourth-order valence-electron chi connectivity index (χ4n) is 2.60. The number of nitrogens with one attached hydrogen (secondary N) is 1. The van der Waals surface area contributed by atoms with Crippen LogP contribution in [0.25, 0.3) is 0 Å². The number of carbonyl (C=O) groups is 2. The lowest BCUT2D eigenvalue weighted by Gasteiger charge is -2.24. The Bertz CT molecular complexity index is 501. The van der Waals surface area contributed by atoms with E-state index in [1.807, 2.05) is 6.92 Å². The van der Waals surface area contributed by atoms with E-state index in [1.54, 1.807) is 24.1 Å². The van der Waals surface area contributed by atoms with Crippen LogP contribution < -0.4 is 5.32 Å². The van der Waals surface area contributed by atoms with E-state index in [0.717, 1.165) is 12.0 Å². The van der Waals surface area contributed by atoms with Gasteiger partial charge in [0.25, 0.3) is 0 Å². The molecule has 2 rings (SSSR count). The first-order valence-corrected chi connectivity index (χ1v) is 6.83. The summed E-state index contributed by atoms with van der Waals surface area (Å²) in [5.74, 6) is -0.910. The molecule has 5 heteroatoms. The number of nitrogens with zero attached hydrogens (tertiary/aromatic N) is 1. The third kappa shape index (κ3) is 2.81. The Morgan fingerprint density at radius 1 is 1.40 bits per heavy atom. The third-order valence-corrected chi connectivity index (χ3v) is 3.68. The van der Waals surface area contributed by atoms with Crippen LogP contribution in [0.4, 0.5) is 4.39 Å². The molecule has 1 aromatic carbocycles. The van der Waals surface area contributed by atoms with Gasteiger partial charge in [-0.15, -0.1) is 0 Å². The van der Waals surface area contributed by atoms with Gasteiger partial charge in [0.2, 0.25) is 11.8 Å². The molecule has 20 heavy (non-hydrogen) atoms. The fourth-order valence-corrected chi connectivity index (χ4v) is 2.60. The van der Waals surface area contributed by atoms with E-state index in [1.165, 1.54) is 12.1 Å². The Kier molecular flexibility index (Phi) is 4.37. The number of benzene rings is 1. The van der Waals surface area contributed by atoms with Crippen LogP contribution in [0.5, 0.6) is 0 Å². The van der Waals surface area contributed by atoms with Gasteiger partial charge in [0.05, 0.1) is 12.0 Å². The number of likely N-dealkylation sites (tertiary alicyclic amines) is 1. The van der Waals surface area contributed by atoms with Gasteiger partial charge in [0.1, 0.15) is 5.82 Å². The quantitative estimate of drug-likeness (QED) is 0.914. The van der Waals surface area contributed by atoms with Crippen LogP contribution in [0.3, 0.4) is 0 Å². The zero-order valence-corrected chi connectivity index (χ0v) is 11.7. The van der Waals surface area contributed by atoms with Crippen LogP contribution in [-0.2, 0) is 9.59 Å². The molecule has 1 aliphatic rings. The molecule has 0 aromatic heterocycles. The molecule has 0 spiro atoms. The minimum absolute atomic E-state index is 0.0593. The molecule has 0 bridgehead atoms. The Hall–Kier alpha value is -1.91. The van der Waals surface area contributed by atoms with E-state index in [0.29, 0.717) is 6.54 Å². The lowest BCUT2D eigenvalue weighted by Crippen LogP contribution is -2.34. The molecular weight excluding hydrogens is 259 g/mol. The van der Waals surface area contributed by atoms with Crippen molar-refractivity contribution in [2.24, 2.45) is 5.92 Å². The minimum Gasteiger partial charge on any atom is -0.356 e. The first-order valence-electron chi connectivity index (χ1n) is 6.83. The van der Waals surface area contributed by atoms with Crippen LogP contribution in [0.1, 0.15) is 31.4 Å². The number of hydrogen-bond donors (Lipinski definition) is 1. The normalized spacial score (nSPS) is 22.1. The Labute approximate surface area is 118 Å². The molecule has 0 unspecified atom stereocenters. The van der Waals surface area contributed by atoms with Gasteiger partial charge in [-0.05, 0) is 24.1 Å². The molecule has 0 aliphatic carbocycles. The molecule has 1 aromatic rings. The summed E-state index contributed by atoms with van der Waals surface area (Å²) in [4.78, 5) is 25.6. The lowest BCUT2D eigenvalue weighted by molar-refractivity contribution is -0.128. The van der Waals surface area contributed by atoms with Crippen molar-refractivity contribution in [1.29, 1.82) is 0 Å². The zero-order chi connectivity index (χ0) is 14.7. The summed E-state index contributed by atoms with van der Waals surface area (Å²) in [6.45, 7) is 2.58. The molecule has 4 nitrogen and oxygen atoms in total. The van der Waals surface area contributed by atoms with E-state index >= 15 is 0 Å². The number of halogens is 1. The standard InChI is InChI=1S/C15H19FN2O2/c1-3-8-17-15(20)12-9-13(19)18(2)14(12)10-4-6-11(16)7-5-10/h4-7,12,14H,3,8-9H2,1-2H3,(H,17,20)/t12-,14-/m0/s1. The summed E-state index contributed by atoms with van der Waals surface area (Å²) in [5.41, 5.74) is 0.788. The maximum Gasteiger partial charge on any atom is 0.226 e. The molecule has 2 atom stereocenters. The van der Waals surface area contributed by atoms with Crippen LogP contribution >= 0.6 is 0 Å². The molecule has 0 saturated carbocycles. The Balaban J connectivity index is 2.24. The Morgan fingerprint density at radius 2 is 2.05 bits per heavy atom. The highest BCUT2D eigenvalue weighted by Gasteiger charge is 2.42. The van der Waals surface area contributed by atoms with Crippen molar-refractivity contribution in [3.05, 3.63) is 35.6 Å². The number of amides is 2. The second kappa shape index (κ2) is 6.03. The molecule has 1 heterocycles. The average molecular weight is 278 g/mol. The highest BCUT2D eigenvalue weighted by molar-refractivity contribution is 5.90. The highest BCUT2D eigenvalue weighted by Crippen LogP contribution is 2.37. The molecule has 1 fully saturated rings. The zero-order valence-electron chi connectivity index (χ0n) is 11.7. The van der Waals surface area contributed by atoms with Crippen LogP contribution in [-0.4, -0.2) is 30.3 Å². The number of rotatable bonds is 4. The number of hydrogen-bond acceptors (Lipinski definition) is 2. The maximum atomic E-state index is 13.0. The van der Waals surface area contributed by atoms with Crippen molar-refractivity contribution >= 4 is 11.8 Å². The minimum atomic E-state index is -0.412. The first kappa shape index (κ1) is 14.5. The van der Waals surface area contributed by atoms with Crippen molar-refractivity contribution in [1.82, 2.24) is 10.2 Å². The van der Waals surface area contributed by atoms with Gasteiger partial charge in [-0.25, -0.2) is 4.39 Å². The largest absolute Gasteiger partial charge is 0.356 e. The van der Waals surface area contributed by atoms with Gasteiger partial charge < -0.3 is 10.2 Å². The van der Waals surface area contributed by atoms with Gasteiger partial charge in [0.15, 0.2) is 0 Å². The summed E-state index contributed by atoms with van der Waals surface area (Å²) in [7, 11) is 1.68. The van der Waals surface area contributed by atoms with Gasteiger partial charge in [-0.2, -0.15) is 0 Å². The van der Waals surface area contributed by atoms with Crippen molar-refractivity contribution in [2.45, 2.75) is 25.8 Å². The van der Waals surface area contributed by atoms with Crippen LogP contribution in [0, 0.1) is 11.7 Å². The van der Waals surface area contributed by atoms with Gasteiger partial charge in [-0.3, -0.25) is 9.59 Å². The molecule has 1 N–H and O–H groups in total. The average Bonchev–Trinajstić information content (AvgIpc) is 2.73. The van der Waals surface area contributed by atoms with Gasteiger partial charge >= 0.3 is 0 Å². The Morgan fingerprint density at radius 3 is 2.65 bits per heavy atom. The van der Waals surface area contributed by atoms with Crippen molar-refractivity contribution < 1.29 is 14.0 Å². The molecule has 108 valence electrons. The van der Waals surface area contributed by atoms with E-state index in [-0.39, 0.29) is 30.1 Å². The van der Waals surface area contributed by atoms with Crippen LogP contribution in [0.15, 0.2) is 24.3 Å². The lowest BCUT2D eigenvalue weighted by atomic mass is 9.93. The highest BCUT2D eigenvalue weighted by atomic mass is 19.1. The maximum absolute atomic E-state index is 13.0. The second-order valence-electron chi connectivity index (χ2n) is 5.10. The molecule has 0 radical (unpaired) electrons. The monoisotopic (exact) mass is 278 g/mol. The van der Waals surface area contributed by atoms with Crippen molar-refractivity contribution in [2.75, 3.05) is 13.6 Å². The van der Waals surface area contributed by atoms with E-state index < -0.39 is 5.92 Å².